The number of carbonyl (C=O) groups is 3. The maximum absolute atomic E-state index is 15.1. The van der Waals surface area contributed by atoms with E-state index in [-0.39, 0.29) is 47.4 Å². The van der Waals surface area contributed by atoms with E-state index in [1.807, 2.05) is 19.1 Å². The van der Waals surface area contributed by atoms with E-state index in [4.69, 9.17) is 16.3 Å². The van der Waals surface area contributed by atoms with Gasteiger partial charge in [0.1, 0.15) is 5.75 Å². The number of fused-ring (bicyclic) bond motifs is 4. The van der Waals surface area contributed by atoms with Gasteiger partial charge >= 0.3 is 12.6 Å². The Labute approximate surface area is 263 Å². The number of carbonyl (C=O) groups excluding carboxylic acids is 3. The van der Waals surface area contributed by atoms with Crippen molar-refractivity contribution in [3.63, 3.8) is 0 Å². The first-order valence-electron chi connectivity index (χ1n) is 14.5. The maximum atomic E-state index is 15.1. The summed E-state index contributed by atoms with van der Waals surface area (Å²) in [5.41, 5.74) is 3.12. The minimum Gasteiger partial charge on any atom is -0.469 e. The summed E-state index contributed by atoms with van der Waals surface area (Å²) >= 11 is 5.95. The molecule has 12 heteroatoms. The molecule has 3 heterocycles. The van der Waals surface area contributed by atoms with Gasteiger partial charge in [-0.25, -0.2) is 4.39 Å². The third kappa shape index (κ3) is 7.14. The van der Waals surface area contributed by atoms with Gasteiger partial charge in [0.05, 0.1) is 41.5 Å². The monoisotopic (exact) mass is 641 g/mol. The number of amides is 2. The molecular weight excluding hydrogens is 611 g/mol. The van der Waals surface area contributed by atoms with E-state index in [0.717, 1.165) is 17.7 Å². The zero-order valence-electron chi connectivity index (χ0n) is 24.6. The summed E-state index contributed by atoms with van der Waals surface area (Å²) in [6.07, 6.45) is 4.76. The second-order valence-corrected chi connectivity index (χ2v) is 11.4. The summed E-state index contributed by atoms with van der Waals surface area (Å²) in [4.78, 5) is 44.9. The van der Waals surface area contributed by atoms with Gasteiger partial charge in [-0.2, -0.15) is 8.78 Å². The molecule has 0 unspecified atom stereocenters. The van der Waals surface area contributed by atoms with Crippen LogP contribution in [0.25, 0.3) is 16.8 Å². The first-order valence-corrected chi connectivity index (χ1v) is 14.8. The lowest BCUT2D eigenvalue weighted by atomic mass is 9.91. The molecule has 0 fully saturated rings. The van der Waals surface area contributed by atoms with E-state index in [0.29, 0.717) is 41.8 Å². The van der Waals surface area contributed by atoms with Gasteiger partial charge in [-0.1, -0.05) is 37.1 Å². The summed E-state index contributed by atoms with van der Waals surface area (Å²) in [5, 5.41) is 2.72. The number of halogens is 4. The van der Waals surface area contributed by atoms with Gasteiger partial charge in [-0.3, -0.25) is 19.4 Å². The van der Waals surface area contributed by atoms with Crippen molar-refractivity contribution in [1.29, 1.82) is 0 Å². The number of ether oxygens (including phenoxy) is 2. The summed E-state index contributed by atoms with van der Waals surface area (Å²) < 4.78 is 50.6. The van der Waals surface area contributed by atoms with Gasteiger partial charge in [-0.05, 0) is 66.3 Å². The van der Waals surface area contributed by atoms with Gasteiger partial charge in [0.2, 0.25) is 11.8 Å². The number of benzene rings is 2. The largest absolute Gasteiger partial charge is 0.469 e. The van der Waals surface area contributed by atoms with Crippen molar-refractivity contribution in [1.82, 2.24) is 9.88 Å². The first-order chi connectivity index (χ1) is 21.5. The standard InChI is InChI=1S/C33H31ClF3N3O5/c1-18-4-3-5-26(40-13-11-21(17-28(40)41)30-27(45-33(36)37)9-8-23(34)31(30)35)20-10-12-38-24(16-20)22-7-6-19(15-29(42)44-2)14-25(22)39-32(18)43/h6-10,12,14,16-18,26,33H,3-5,11,13,15H2,1-2H3,(H,39,43)/t18-,26+/m1/s1. The molecule has 236 valence electrons. The average Bonchev–Trinajstić information content (AvgIpc) is 3.01. The average molecular weight is 642 g/mol. The number of rotatable bonds is 6. The Morgan fingerprint density at radius 1 is 1.16 bits per heavy atom. The molecule has 0 radical (unpaired) electrons. The number of anilines is 1. The van der Waals surface area contributed by atoms with E-state index < -0.39 is 36.1 Å². The number of nitrogens with one attached hydrogen (secondary N) is 1. The highest BCUT2D eigenvalue weighted by atomic mass is 35.5. The highest BCUT2D eigenvalue weighted by Crippen LogP contribution is 2.40. The van der Waals surface area contributed by atoms with E-state index in [2.05, 4.69) is 15.0 Å². The minimum absolute atomic E-state index is 0.0339. The Morgan fingerprint density at radius 2 is 1.96 bits per heavy atom. The Balaban J connectivity index is 1.52. The maximum Gasteiger partial charge on any atom is 0.387 e. The number of methoxy groups -OCH3 is 1. The van der Waals surface area contributed by atoms with Crippen LogP contribution in [0.4, 0.5) is 18.9 Å². The zero-order valence-corrected chi connectivity index (χ0v) is 25.4. The van der Waals surface area contributed by atoms with Gasteiger partial charge in [0, 0.05) is 30.3 Å². The van der Waals surface area contributed by atoms with Crippen LogP contribution in [0.2, 0.25) is 5.02 Å². The molecule has 5 rings (SSSR count). The third-order valence-corrected chi connectivity index (χ3v) is 8.39. The lowest BCUT2D eigenvalue weighted by Gasteiger charge is -2.35. The highest BCUT2D eigenvalue weighted by Gasteiger charge is 2.31. The fourth-order valence-corrected chi connectivity index (χ4v) is 5.92. The number of esters is 1. The van der Waals surface area contributed by atoms with Crippen LogP contribution in [0.5, 0.6) is 5.75 Å². The minimum atomic E-state index is -3.19. The van der Waals surface area contributed by atoms with Crippen molar-refractivity contribution < 1.29 is 37.0 Å². The third-order valence-electron chi connectivity index (χ3n) is 8.10. The van der Waals surface area contributed by atoms with E-state index >= 15 is 4.39 Å². The topological polar surface area (TPSA) is 97.8 Å². The van der Waals surface area contributed by atoms with Crippen molar-refractivity contribution in [2.75, 3.05) is 19.0 Å². The van der Waals surface area contributed by atoms with Crippen LogP contribution in [0.3, 0.4) is 0 Å². The van der Waals surface area contributed by atoms with Crippen LogP contribution >= 0.6 is 11.6 Å². The number of alkyl halides is 2. The fraction of sp³-hybridized carbons (Fsp3) is 0.333. The Bertz CT molecular complexity index is 1660. The molecule has 45 heavy (non-hydrogen) atoms. The molecule has 2 bridgehead atoms. The molecule has 0 saturated heterocycles. The molecule has 2 atom stereocenters. The highest BCUT2D eigenvalue weighted by molar-refractivity contribution is 6.31. The van der Waals surface area contributed by atoms with Crippen LogP contribution in [-0.2, 0) is 25.5 Å². The zero-order chi connectivity index (χ0) is 32.2. The number of nitrogens with zero attached hydrogens (tertiary/aromatic N) is 2. The summed E-state index contributed by atoms with van der Waals surface area (Å²) in [6.45, 7) is -1.19. The molecular formula is C33H31ClF3N3O5. The van der Waals surface area contributed by atoms with Crippen LogP contribution < -0.4 is 10.1 Å². The summed E-state index contributed by atoms with van der Waals surface area (Å²) in [5.74, 6) is -2.71. The quantitative estimate of drug-likeness (QED) is 0.292. The number of aromatic nitrogens is 1. The molecule has 0 spiro atoms. The van der Waals surface area contributed by atoms with Gasteiger partial charge in [-0.15, -0.1) is 0 Å². The van der Waals surface area contributed by atoms with Crippen molar-refractivity contribution >= 4 is 40.6 Å². The molecule has 2 aliphatic rings. The lowest BCUT2D eigenvalue weighted by molar-refractivity contribution is -0.139. The van der Waals surface area contributed by atoms with E-state index in [1.54, 1.807) is 29.3 Å². The summed E-state index contributed by atoms with van der Waals surface area (Å²) in [7, 11) is 1.31. The SMILES string of the molecule is COC(=O)Cc1ccc2c(c1)NC(=O)[C@H](C)CCC[C@H](N1CCC(c3c(OC(F)F)ccc(Cl)c3F)=CC1=O)c1ccnc-2c1. The van der Waals surface area contributed by atoms with Crippen LogP contribution in [0.15, 0.2) is 54.7 Å². The molecule has 0 saturated carbocycles. The van der Waals surface area contributed by atoms with Gasteiger partial charge in [0.15, 0.2) is 5.82 Å². The normalized spacial score (nSPS) is 18.7. The van der Waals surface area contributed by atoms with Crippen LogP contribution in [0.1, 0.15) is 55.3 Å². The number of hydrogen-bond donors (Lipinski definition) is 1. The fourth-order valence-electron chi connectivity index (χ4n) is 5.76. The van der Waals surface area contributed by atoms with E-state index in [9.17, 15) is 23.2 Å². The Morgan fingerprint density at radius 3 is 2.69 bits per heavy atom. The first kappa shape index (κ1) is 32.0. The Hall–Kier alpha value is -4.38. The van der Waals surface area contributed by atoms with Crippen molar-refractivity contribution in [2.24, 2.45) is 5.92 Å². The molecule has 0 aliphatic carbocycles. The van der Waals surface area contributed by atoms with Crippen LogP contribution in [-0.4, -0.2) is 47.9 Å². The number of pyridine rings is 1. The predicted octanol–water partition coefficient (Wildman–Crippen LogP) is 6.97. The molecule has 3 aromatic rings. The summed E-state index contributed by atoms with van der Waals surface area (Å²) in [6, 6.07) is 10.8. The second-order valence-electron chi connectivity index (χ2n) is 11.0. The van der Waals surface area contributed by atoms with Gasteiger partial charge < -0.3 is 19.7 Å². The second kappa shape index (κ2) is 13.7. The molecule has 2 aliphatic heterocycles. The smallest absolute Gasteiger partial charge is 0.387 e. The predicted molar refractivity (Wildman–Crippen MR) is 162 cm³/mol. The number of hydrogen-bond acceptors (Lipinski definition) is 6. The lowest BCUT2D eigenvalue weighted by Crippen LogP contribution is -2.37. The molecule has 8 nitrogen and oxygen atoms in total. The van der Waals surface area contributed by atoms with Gasteiger partial charge in [0.25, 0.3) is 0 Å². The van der Waals surface area contributed by atoms with Crippen LogP contribution in [0, 0.1) is 11.7 Å². The molecule has 2 amide bonds. The van der Waals surface area contributed by atoms with Crippen molar-refractivity contribution in [3.8, 4) is 17.0 Å². The Kier molecular flexibility index (Phi) is 9.77. The molecule has 1 aromatic heterocycles. The van der Waals surface area contributed by atoms with Crippen molar-refractivity contribution in [3.05, 3.63) is 82.3 Å². The van der Waals surface area contributed by atoms with Crippen molar-refractivity contribution in [2.45, 2.75) is 51.7 Å². The molecule has 1 N–H and O–H groups in total. The van der Waals surface area contributed by atoms with E-state index in [1.165, 1.54) is 13.2 Å². The molecule has 2 aromatic carbocycles.